The van der Waals surface area contributed by atoms with Crippen molar-refractivity contribution in [3.8, 4) is 34.0 Å². The van der Waals surface area contributed by atoms with Crippen LogP contribution in [0.1, 0.15) is 0 Å². The van der Waals surface area contributed by atoms with Crippen LogP contribution in [0.5, 0.6) is 0 Å². The molecule has 0 spiro atoms. The van der Waals surface area contributed by atoms with Crippen LogP contribution in [0.3, 0.4) is 0 Å². The maximum atomic E-state index is 9.05. The third-order valence-corrected chi connectivity index (χ3v) is 5.61. The molecule has 3 N–H and O–H groups in total. The Balaban J connectivity index is 1.90. The van der Waals surface area contributed by atoms with E-state index in [4.69, 9.17) is 33.3 Å². The predicted molar refractivity (Wildman–Crippen MR) is 129 cm³/mol. The first kappa shape index (κ1) is 21.0. The average Bonchev–Trinajstić information content (AvgIpc) is 3.17. The Kier molecular flexibility index (Phi) is 6.52. The highest BCUT2D eigenvalue weighted by Crippen LogP contribution is 2.38. The molecule has 0 saturated heterocycles. The maximum absolute atomic E-state index is 9.05. The Morgan fingerprint density at radius 1 is 1.03 bits per heavy atom. The molecule has 0 fully saturated rings. The lowest BCUT2D eigenvalue weighted by Gasteiger charge is -2.06. The molecule has 2 aromatic heterocycles. The van der Waals surface area contributed by atoms with Gasteiger partial charge in [-0.1, -0.05) is 41.4 Å². The molecule has 0 saturated carbocycles. The quantitative estimate of drug-likeness (QED) is 0.275. The van der Waals surface area contributed by atoms with Gasteiger partial charge in [0, 0.05) is 21.9 Å². The zero-order valence-corrected chi connectivity index (χ0v) is 19.2. The Morgan fingerprint density at radius 2 is 1.80 bits per heavy atom. The van der Waals surface area contributed by atoms with E-state index in [1.165, 1.54) is 0 Å². The molecule has 0 atom stereocenters. The minimum Gasteiger partial charge on any atom is -0.395 e. The zero-order valence-electron chi connectivity index (χ0n) is 15.5. The minimum atomic E-state index is -0.0134. The summed E-state index contributed by atoms with van der Waals surface area (Å²) in [5, 5.41) is 13.0. The topological polar surface area (TPSA) is 86.7 Å². The van der Waals surface area contributed by atoms with E-state index >= 15 is 0 Å². The molecule has 6 nitrogen and oxygen atoms in total. The molecule has 4 aromatic rings. The number of benzene rings is 2. The number of anilines is 1. The summed E-state index contributed by atoms with van der Waals surface area (Å²) in [5.41, 5.74) is 3.67. The third kappa shape index (κ3) is 4.44. The lowest BCUT2D eigenvalue weighted by molar-refractivity contribution is 0.311. The number of imidazole rings is 1. The number of hydrogen-bond donors (Lipinski definition) is 3. The number of aliphatic hydroxyl groups is 1. The van der Waals surface area contributed by atoms with Gasteiger partial charge >= 0.3 is 0 Å². The molecule has 2 aromatic carbocycles. The van der Waals surface area contributed by atoms with E-state index in [-0.39, 0.29) is 6.61 Å². The van der Waals surface area contributed by atoms with Gasteiger partial charge in [0.2, 0.25) is 5.95 Å². The van der Waals surface area contributed by atoms with Crippen LogP contribution in [-0.2, 0) is 0 Å². The Bertz CT molecular complexity index is 1180. The van der Waals surface area contributed by atoms with Crippen LogP contribution in [0.2, 0.25) is 10.0 Å². The first-order valence-corrected chi connectivity index (χ1v) is 10.9. The van der Waals surface area contributed by atoms with E-state index in [9.17, 15) is 0 Å². The Labute approximate surface area is 196 Å². The molecule has 0 radical (unpaired) electrons. The second-order valence-electron chi connectivity index (χ2n) is 6.33. The van der Waals surface area contributed by atoms with E-state index in [2.05, 4.69) is 42.9 Å². The van der Waals surface area contributed by atoms with Crippen LogP contribution in [0, 0.1) is 3.57 Å². The van der Waals surface area contributed by atoms with Crippen molar-refractivity contribution in [3.63, 3.8) is 0 Å². The fourth-order valence-corrected chi connectivity index (χ4v) is 4.12. The molecule has 0 unspecified atom stereocenters. The number of nitrogens with zero attached hydrogens (tertiary/aromatic N) is 3. The number of aromatic amines is 1. The molecule has 0 aliphatic rings. The summed E-state index contributed by atoms with van der Waals surface area (Å²) in [6, 6.07) is 15.2. The lowest BCUT2D eigenvalue weighted by atomic mass is 10.1. The molecule has 30 heavy (non-hydrogen) atoms. The van der Waals surface area contributed by atoms with Gasteiger partial charge in [-0.2, -0.15) is 0 Å². The molecule has 0 bridgehead atoms. The largest absolute Gasteiger partial charge is 0.395 e. The number of H-pyrrole nitrogens is 1. The highest BCUT2D eigenvalue weighted by Gasteiger charge is 2.20. The molecule has 152 valence electrons. The van der Waals surface area contributed by atoms with Crippen molar-refractivity contribution < 1.29 is 5.11 Å². The van der Waals surface area contributed by atoms with Crippen molar-refractivity contribution in [2.45, 2.75) is 0 Å². The van der Waals surface area contributed by atoms with Crippen LogP contribution in [0.4, 0.5) is 5.95 Å². The zero-order chi connectivity index (χ0) is 21.1. The fourth-order valence-electron chi connectivity index (χ4n) is 3.00. The predicted octanol–water partition coefficient (Wildman–Crippen LogP) is 5.52. The second-order valence-corrected chi connectivity index (χ2v) is 8.39. The number of hydrogen-bond acceptors (Lipinski definition) is 5. The lowest BCUT2D eigenvalue weighted by Crippen LogP contribution is -2.08. The standard InChI is InChI=1S/C21H16Cl2IN5O/c22-14-5-2-6-15(23)17(14)20-28-18(12-3-1-4-13(24)11-12)19(29-20)16-7-8-25-21(27-16)26-9-10-30/h1-8,11,30H,9-10H2,(H,28,29)(H,25,26,27). The number of aliphatic hydroxyl groups excluding tert-OH is 1. The van der Waals surface area contributed by atoms with Crippen molar-refractivity contribution >= 4 is 51.7 Å². The fraction of sp³-hybridized carbons (Fsp3) is 0.0952. The van der Waals surface area contributed by atoms with Gasteiger partial charge in [0.15, 0.2) is 0 Å². The summed E-state index contributed by atoms with van der Waals surface area (Å²) in [6.45, 7) is 0.344. The number of aromatic nitrogens is 4. The summed E-state index contributed by atoms with van der Waals surface area (Å²) in [7, 11) is 0. The first-order valence-electron chi connectivity index (χ1n) is 9.05. The van der Waals surface area contributed by atoms with Crippen molar-refractivity contribution in [2.75, 3.05) is 18.5 Å². The number of nitrogens with one attached hydrogen (secondary N) is 2. The van der Waals surface area contributed by atoms with E-state index in [1.54, 1.807) is 30.5 Å². The van der Waals surface area contributed by atoms with E-state index in [1.807, 2.05) is 24.3 Å². The van der Waals surface area contributed by atoms with Gasteiger partial charge in [0.1, 0.15) is 5.82 Å². The van der Waals surface area contributed by atoms with Gasteiger partial charge in [-0.25, -0.2) is 15.0 Å². The molecule has 4 rings (SSSR count). The summed E-state index contributed by atoms with van der Waals surface area (Å²) in [5.74, 6) is 0.972. The van der Waals surface area contributed by atoms with Gasteiger partial charge in [-0.15, -0.1) is 0 Å². The van der Waals surface area contributed by atoms with Crippen LogP contribution >= 0.6 is 45.8 Å². The molecule has 0 amide bonds. The van der Waals surface area contributed by atoms with Crippen LogP contribution < -0.4 is 5.32 Å². The van der Waals surface area contributed by atoms with Gasteiger partial charge in [-0.3, -0.25) is 0 Å². The smallest absolute Gasteiger partial charge is 0.223 e. The molecule has 0 aliphatic heterocycles. The van der Waals surface area contributed by atoms with Crippen molar-refractivity contribution in [3.05, 3.63) is 68.3 Å². The minimum absolute atomic E-state index is 0.0134. The molecular weight excluding hydrogens is 536 g/mol. The van der Waals surface area contributed by atoms with E-state index < -0.39 is 0 Å². The normalized spacial score (nSPS) is 10.9. The monoisotopic (exact) mass is 551 g/mol. The summed E-state index contributed by atoms with van der Waals surface area (Å²) < 4.78 is 1.09. The highest BCUT2D eigenvalue weighted by molar-refractivity contribution is 14.1. The van der Waals surface area contributed by atoms with Crippen LogP contribution in [0.15, 0.2) is 54.7 Å². The first-order chi connectivity index (χ1) is 14.6. The molecule has 9 heteroatoms. The van der Waals surface area contributed by atoms with E-state index in [0.29, 0.717) is 39.6 Å². The highest BCUT2D eigenvalue weighted by atomic mass is 127. The summed E-state index contributed by atoms with van der Waals surface area (Å²) in [4.78, 5) is 17.0. The molecular formula is C21H16Cl2IN5O. The van der Waals surface area contributed by atoms with Gasteiger partial charge < -0.3 is 15.4 Å². The van der Waals surface area contributed by atoms with Crippen molar-refractivity contribution in [1.29, 1.82) is 0 Å². The van der Waals surface area contributed by atoms with Crippen molar-refractivity contribution in [2.24, 2.45) is 0 Å². The number of halogens is 3. The average molecular weight is 552 g/mol. The number of rotatable bonds is 6. The van der Waals surface area contributed by atoms with Gasteiger partial charge in [0.25, 0.3) is 0 Å². The summed E-state index contributed by atoms with van der Waals surface area (Å²) in [6.07, 6.45) is 1.66. The summed E-state index contributed by atoms with van der Waals surface area (Å²) >= 11 is 15.1. The molecule has 2 heterocycles. The second kappa shape index (κ2) is 9.30. The third-order valence-electron chi connectivity index (χ3n) is 4.31. The Morgan fingerprint density at radius 3 is 2.53 bits per heavy atom. The SMILES string of the molecule is OCCNc1nccc(-c2[nH]c(-c3c(Cl)cccc3Cl)nc2-c2cccc(I)c2)n1. The van der Waals surface area contributed by atoms with Gasteiger partial charge in [0.05, 0.1) is 39.3 Å². The van der Waals surface area contributed by atoms with Crippen molar-refractivity contribution in [1.82, 2.24) is 19.9 Å². The molecule has 0 aliphatic carbocycles. The Hall–Kier alpha value is -2.20. The van der Waals surface area contributed by atoms with Crippen LogP contribution in [-0.4, -0.2) is 38.2 Å². The van der Waals surface area contributed by atoms with Gasteiger partial charge in [-0.05, 0) is 52.9 Å². The van der Waals surface area contributed by atoms with Crippen LogP contribution in [0.25, 0.3) is 34.0 Å². The van der Waals surface area contributed by atoms with E-state index in [0.717, 1.165) is 20.5 Å². The maximum Gasteiger partial charge on any atom is 0.223 e.